The van der Waals surface area contributed by atoms with Crippen LogP contribution in [-0.2, 0) is 48.2 Å². The lowest BCUT2D eigenvalue weighted by Crippen LogP contribution is -2.68. The third kappa shape index (κ3) is 7.72. The fourth-order valence-electron chi connectivity index (χ4n) is 5.12. The summed E-state index contributed by atoms with van der Waals surface area (Å²) in [5, 5.41) is 2.96. The molecule has 2 aliphatic rings. The topological polar surface area (TPSA) is 84.5 Å². The zero-order valence-electron chi connectivity index (χ0n) is 23.9. The Morgan fingerprint density at radius 1 is 0.829 bits per heavy atom. The minimum absolute atomic E-state index is 0.224. The van der Waals surface area contributed by atoms with E-state index in [4.69, 9.17) is 28.4 Å². The average Bonchev–Trinajstić information content (AvgIpc) is 3.35. The fourth-order valence-corrected chi connectivity index (χ4v) is 5.12. The molecule has 8 nitrogen and oxygen atoms in total. The quantitative estimate of drug-likeness (QED) is 0.336. The third-order valence-electron chi connectivity index (χ3n) is 7.01. The number of alkyl carbamates (subject to hydrolysis) is 1. The van der Waals surface area contributed by atoms with E-state index in [1.807, 2.05) is 112 Å². The molecule has 0 radical (unpaired) electrons. The second-order valence-corrected chi connectivity index (χ2v) is 11.5. The van der Waals surface area contributed by atoms with Gasteiger partial charge in [-0.2, -0.15) is 0 Å². The van der Waals surface area contributed by atoms with Crippen LogP contribution in [0, 0.1) is 0 Å². The predicted octanol–water partition coefficient (Wildman–Crippen LogP) is 5.39. The van der Waals surface area contributed by atoms with Crippen LogP contribution in [0.25, 0.3) is 0 Å². The van der Waals surface area contributed by atoms with E-state index in [2.05, 4.69) is 5.32 Å². The maximum atomic E-state index is 13.0. The Kier molecular flexibility index (Phi) is 9.37. The summed E-state index contributed by atoms with van der Waals surface area (Å²) in [4.78, 5) is 13.0. The lowest BCUT2D eigenvalue weighted by molar-refractivity contribution is -0.263. The molecule has 218 valence electrons. The highest BCUT2D eigenvalue weighted by molar-refractivity contribution is 5.68. The molecule has 41 heavy (non-hydrogen) atoms. The van der Waals surface area contributed by atoms with Crippen LogP contribution in [0.15, 0.2) is 91.0 Å². The molecule has 5 atom stereocenters. The molecule has 1 amide bonds. The number of hydrogen-bond donors (Lipinski definition) is 1. The molecule has 2 aliphatic heterocycles. The molecule has 2 heterocycles. The second-order valence-electron chi connectivity index (χ2n) is 11.5. The van der Waals surface area contributed by atoms with Crippen LogP contribution in [0.4, 0.5) is 4.79 Å². The van der Waals surface area contributed by atoms with Gasteiger partial charge >= 0.3 is 6.09 Å². The normalized spacial score (nSPS) is 25.5. The number of hydrogen-bond acceptors (Lipinski definition) is 7. The van der Waals surface area contributed by atoms with Crippen LogP contribution in [0.1, 0.15) is 37.5 Å². The van der Waals surface area contributed by atoms with Gasteiger partial charge in [-0.25, -0.2) is 4.79 Å². The minimum Gasteiger partial charge on any atom is -0.444 e. The van der Waals surface area contributed by atoms with Crippen molar-refractivity contribution in [3.8, 4) is 0 Å². The van der Waals surface area contributed by atoms with Crippen molar-refractivity contribution in [2.45, 2.75) is 76.3 Å². The summed E-state index contributed by atoms with van der Waals surface area (Å²) in [6, 6.07) is 29.1. The first-order valence-electron chi connectivity index (χ1n) is 14.0. The molecule has 3 aromatic rings. The summed E-state index contributed by atoms with van der Waals surface area (Å²) in [6.45, 7) is 6.96. The van der Waals surface area contributed by atoms with Gasteiger partial charge in [0, 0.05) is 0 Å². The van der Waals surface area contributed by atoms with E-state index in [9.17, 15) is 4.79 Å². The summed E-state index contributed by atoms with van der Waals surface area (Å²) < 4.78 is 37.7. The van der Waals surface area contributed by atoms with E-state index >= 15 is 0 Å². The molecule has 1 N–H and O–H groups in total. The van der Waals surface area contributed by atoms with Gasteiger partial charge in [-0.15, -0.1) is 0 Å². The van der Waals surface area contributed by atoms with E-state index in [-0.39, 0.29) is 13.2 Å². The molecule has 2 saturated heterocycles. The van der Waals surface area contributed by atoms with E-state index < -0.39 is 41.8 Å². The lowest BCUT2D eigenvalue weighted by atomic mass is 9.87. The molecule has 0 spiro atoms. The van der Waals surface area contributed by atoms with Gasteiger partial charge in [-0.3, -0.25) is 0 Å². The van der Waals surface area contributed by atoms with Crippen molar-refractivity contribution in [1.82, 2.24) is 5.32 Å². The molecular formula is C33H39NO7. The Balaban J connectivity index is 1.42. The number of fused-ring (bicyclic) bond motifs is 2. The number of benzene rings is 3. The summed E-state index contributed by atoms with van der Waals surface area (Å²) in [6.07, 6.45) is -2.58. The molecule has 0 aromatic heterocycles. The SMILES string of the molecule is CC(C)(C)OC(=O)N[C@H]1[C@H]2OC[C@](COCc3ccccc3)(O2)[C@H](OCc2ccccc2)[C@@H]1OCc1ccccc1. The van der Waals surface area contributed by atoms with Gasteiger partial charge in [0.1, 0.15) is 29.5 Å². The van der Waals surface area contributed by atoms with Crippen LogP contribution < -0.4 is 5.32 Å². The smallest absolute Gasteiger partial charge is 0.408 e. The second kappa shape index (κ2) is 13.1. The summed E-state index contributed by atoms with van der Waals surface area (Å²) in [5.74, 6) is 0. The van der Waals surface area contributed by atoms with Crippen molar-refractivity contribution in [2.24, 2.45) is 0 Å². The highest BCUT2D eigenvalue weighted by Crippen LogP contribution is 2.41. The number of carbonyl (C=O) groups excluding carboxylic acids is 1. The average molecular weight is 562 g/mol. The first-order chi connectivity index (χ1) is 19.8. The molecular weight excluding hydrogens is 522 g/mol. The van der Waals surface area contributed by atoms with E-state index in [0.717, 1.165) is 16.7 Å². The van der Waals surface area contributed by atoms with Crippen molar-refractivity contribution in [2.75, 3.05) is 13.2 Å². The van der Waals surface area contributed by atoms with E-state index in [0.29, 0.717) is 19.8 Å². The van der Waals surface area contributed by atoms with Gasteiger partial charge in [-0.05, 0) is 37.5 Å². The van der Waals surface area contributed by atoms with Gasteiger partial charge in [-0.1, -0.05) is 91.0 Å². The molecule has 0 unspecified atom stereocenters. The van der Waals surface area contributed by atoms with Crippen molar-refractivity contribution in [3.63, 3.8) is 0 Å². The zero-order valence-corrected chi connectivity index (χ0v) is 23.9. The molecule has 2 fully saturated rings. The third-order valence-corrected chi connectivity index (χ3v) is 7.01. The van der Waals surface area contributed by atoms with E-state index in [1.54, 1.807) is 0 Å². The molecule has 5 rings (SSSR count). The Labute approximate surface area is 241 Å². The maximum absolute atomic E-state index is 13.0. The number of amides is 1. The van der Waals surface area contributed by atoms with Crippen molar-refractivity contribution in [1.29, 1.82) is 0 Å². The standard InChI is InChI=1S/C33H39NO7/c1-32(2,3)41-31(35)34-27-28(37-20-25-15-9-5-10-16-25)29(38-21-26-17-11-6-12-18-26)33(23-39-30(27)40-33)22-36-19-24-13-7-4-8-14-24/h4-18,27-30H,19-23H2,1-3H3,(H,34,35)/t27-,28-,29-,30+,33+/m1/s1. The predicted molar refractivity (Wildman–Crippen MR) is 153 cm³/mol. The monoisotopic (exact) mass is 561 g/mol. The van der Waals surface area contributed by atoms with Gasteiger partial charge in [0.15, 0.2) is 6.29 Å². The minimum atomic E-state index is -0.943. The molecule has 0 aliphatic carbocycles. The Bertz CT molecular complexity index is 1230. The first-order valence-corrected chi connectivity index (χ1v) is 14.0. The first kappa shape index (κ1) is 29.2. The number of rotatable bonds is 11. The highest BCUT2D eigenvalue weighted by atomic mass is 16.8. The van der Waals surface area contributed by atoms with Crippen LogP contribution >= 0.6 is 0 Å². The van der Waals surface area contributed by atoms with Crippen LogP contribution in [0.2, 0.25) is 0 Å². The van der Waals surface area contributed by atoms with Crippen molar-refractivity contribution in [3.05, 3.63) is 108 Å². The maximum Gasteiger partial charge on any atom is 0.408 e. The van der Waals surface area contributed by atoms with Gasteiger partial charge in [0.05, 0.1) is 33.0 Å². The number of ether oxygens (including phenoxy) is 6. The molecule has 0 saturated carbocycles. The molecule has 3 aromatic carbocycles. The Hall–Kier alpha value is -3.27. The van der Waals surface area contributed by atoms with Gasteiger partial charge < -0.3 is 33.7 Å². The fraction of sp³-hybridized carbons (Fsp3) is 0.424. The van der Waals surface area contributed by atoms with Gasteiger partial charge in [0.2, 0.25) is 0 Å². The molecule has 8 heteroatoms. The molecule has 2 bridgehead atoms. The Morgan fingerprint density at radius 3 is 1.93 bits per heavy atom. The van der Waals surface area contributed by atoms with Crippen LogP contribution in [0.3, 0.4) is 0 Å². The zero-order chi connectivity index (χ0) is 28.7. The highest BCUT2D eigenvalue weighted by Gasteiger charge is 2.62. The van der Waals surface area contributed by atoms with Gasteiger partial charge in [0.25, 0.3) is 0 Å². The van der Waals surface area contributed by atoms with Crippen molar-refractivity contribution < 1.29 is 33.2 Å². The van der Waals surface area contributed by atoms with Crippen LogP contribution in [0.5, 0.6) is 0 Å². The van der Waals surface area contributed by atoms with Crippen molar-refractivity contribution >= 4 is 6.09 Å². The number of nitrogens with one attached hydrogen (secondary N) is 1. The lowest BCUT2D eigenvalue weighted by Gasteiger charge is -2.46. The summed E-state index contributed by atoms with van der Waals surface area (Å²) in [5.41, 5.74) is 1.45. The largest absolute Gasteiger partial charge is 0.444 e. The Morgan fingerprint density at radius 2 is 1.37 bits per heavy atom. The van der Waals surface area contributed by atoms with E-state index in [1.165, 1.54) is 0 Å². The summed E-state index contributed by atoms with van der Waals surface area (Å²) in [7, 11) is 0. The number of carbonyl (C=O) groups is 1. The van der Waals surface area contributed by atoms with Crippen LogP contribution in [-0.4, -0.2) is 55.0 Å². The summed E-state index contributed by atoms with van der Waals surface area (Å²) >= 11 is 0.